The maximum Gasteiger partial charge on any atom is 0.118 e. The first-order valence-electron chi connectivity index (χ1n) is 6.33. The van der Waals surface area contributed by atoms with E-state index in [2.05, 4.69) is 12.2 Å². The fourth-order valence-corrected chi connectivity index (χ4v) is 1.92. The zero-order valence-corrected chi connectivity index (χ0v) is 10.8. The lowest BCUT2D eigenvalue weighted by molar-refractivity contribution is 0.0857. The largest absolute Gasteiger partial charge is 0.497 e. The van der Waals surface area contributed by atoms with Gasteiger partial charge >= 0.3 is 0 Å². The summed E-state index contributed by atoms with van der Waals surface area (Å²) in [5, 5.41) is 0. The number of benzene rings is 1. The molecule has 1 aromatic rings. The molecule has 0 fully saturated rings. The Balaban J connectivity index is 1.73. The van der Waals surface area contributed by atoms with Crippen molar-refractivity contribution in [2.24, 2.45) is 5.92 Å². The van der Waals surface area contributed by atoms with E-state index >= 15 is 0 Å². The molecule has 0 saturated heterocycles. The molecule has 0 radical (unpaired) electrons. The summed E-state index contributed by atoms with van der Waals surface area (Å²) in [7, 11) is 1.67. The molecule has 3 heteroatoms. The summed E-state index contributed by atoms with van der Waals surface area (Å²) >= 11 is 0. The number of ether oxygens (including phenoxy) is 3. The number of hydrogen-bond donors (Lipinski definition) is 0. The van der Waals surface area contributed by atoms with Gasteiger partial charge in [-0.25, -0.2) is 0 Å². The second-order valence-corrected chi connectivity index (χ2v) is 4.42. The lowest BCUT2D eigenvalue weighted by atomic mass is 10.1. The van der Waals surface area contributed by atoms with E-state index in [1.54, 1.807) is 7.11 Å². The smallest absolute Gasteiger partial charge is 0.118 e. The number of hydrogen-bond acceptors (Lipinski definition) is 3. The summed E-state index contributed by atoms with van der Waals surface area (Å²) in [5.74, 6) is 1.35. The summed E-state index contributed by atoms with van der Waals surface area (Å²) in [6.45, 7) is 2.96. The summed E-state index contributed by atoms with van der Waals surface area (Å²) in [6.07, 6.45) is 5.31. The van der Waals surface area contributed by atoms with E-state index in [-0.39, 0.29) is 0 Å². The summed E-state index contributed by atoms with van der Waals surface area (Å²) in [6, 6.07) is 7.98. The van der Waals surface area contributed by atoms with Crippen molar-refractivity contribution in [2.45, 2.75) is 13.0 Å². The first-order valence-corrected chi connectivity index (χ1v) is 6.33. The third-order valence-electron chi connectivity index (χ3n) is 3.02. The molecule has 3 nitrogen and oxygen atoms in total. The number of methoxy groups -OCH3 is 1. The molecule has 1 aliphatic rings. The van der Waals surface area contributed by atoms with Gasteiger partial charge in [-0.05, 0) is 24.1 Å². The Hall–Kier alpha value is -1.32. The molecule has 0 saturated carbocycles. The highest BCUT2D eigenvalue weighted by atomic mass is 16.5. The average molecular weight is 248 g/mol. The van der Waals surface area contributed by atoms with E-state index in [4.69, 9.17) is 14.2 Å². The minimum Gasteiger partial charge on any atom is -0.497 e. The van der Waals surface area contributed by atoms with Gasteiger partial charge in [-0.3, -0.25) is 0 Å². The van der Waals surface area contributed by atoms with E-state index in [0.717, 1.165) is 32.0 Å². The minimum atomic E-state index is 0.478. The highest BCUT2D eigenvalue weighted by Gasteiger charge is 2.07. The van der Waals surface area contributed by atoms with Crippen molar-refractivity contribution in [3.63, 3.8) is 0 Å². The minimum absolute atomic E-state index is 0.478. The van der Waals surface area contributed by atoms with Gasteiger partial charge in [0.15, 0.2) is 0 Å². The highest BCUT2D eigenvalue weighted by molar-refractivity contribution is 5.26. The lowest BCUT2D eigenvalue weighted by Crippen LogP contribution is -2.08. The second-order valence-electron chi connectivity index (χ2n) is 4.42. The van der Waals surface area contributed by atoms with Crippen molar-refractivity contribution >= 4 is 0 Å². The van der Waals surface area contributed by atoms with Crippen LogP contribution in [0.4, 0.5) is 0 Å². The molecule has 1 heterocycles. The lowest BCUT2D eigenvalue weighted by Gasteiger charge is -2.11. The molecule has 0 spiro atoms. The van der Waals surface area contributed by atoms with Crippen LogP contribution in [0, 0.1) is 5.92 Å². The van der Waals surface area contributed by atoms with E-state index in [9.17, 15) is 0 Å². The number of rotatable bonds is 5. The molecule has 0 N–H and O–H groups in total. The van der Waals surface area contributed by atoms with Gasteiger partial charge < -0.3 is 14.2 Å². The quantitative estimate of drug-likeness (QED) is 0.750. The molecular weight excluding hydrogens is 228 g/mol. The van der Waals surface area contributed by atoms with Crippen molar-refractivity contribution in [2.75, 3.05) is 26.9 Å². The Morgan fingerprint density at radius 2 is 2.11 bits per heavy atom. The van der Waals surface area contributed by atoms with Crippen LogP contribution in [0.15, 0.2) is 36.4 Å². The summed E-state index contributed by atoms with van der Waals surface area (Å²) < 4.78 is 16.2. The van der Waals surface area contributed by atoms with Gasteiger partial charge in [0.1, 0.15) is 5.75 Å². The van der Waals surface area contributed by atoms with Crippen molar-refractivity contribution in [3.05, 3.63) is 42.0 Å². The second kappa shape index (κ2) is 7.19. The van der Waals surface area contributed by atoms with Gasteiger partial charge in [-0.1, -0.05) is 24.3 Å². The first kappa shape index (κ1) is 13.1. The van der Waals surface area contributed by atoms with Gasteiger partial charge in [-0.2, -0.15) is 0 Å². The fourth-order valence-electron chi connectivity index (χ4n) is 1.92. The molecule has 0 aliphatic carbocycles. The van der Waals surface area contributed by atoms with Crippen molar-refractivity contribution in [1.29, 1.82) is 0 Å². The van der Waals surface area contributed by atoms with Crippen LogP contribution in [0.5, 0.6) is 5.75 Å². The normalized spacial score (nSPS) is 19.5. The van der Waals surface area contributed by atoms with Gasteiger partial charge in [0.2, 0.25) is 0 Å². The maximum absolute atomic E-state index is 5.74. The Morgan fingerprint density at radius 3 is 2.89 bits per heavy atom. The van der Waals surface area contributed by atoms with Crippen molar-refractivity contribution in [3.8, 4) is 5.75 Å². The molecule has 0 bridgehead atoms. The summed E-state index contributed by atoms with van der Waals surface area (Å²) in [4.78, 5) is 0. The SMILES string of the molecule is COc1ccc(COCC2C=CCOCC2)cc1. The first-order chi connectivity index (χ1) is 8.88. The molecule has 18 heavy (non-hydrogen) atoms. The Kier molecular flexibility index (Phi) is 5.24. The average Bonchev–Trinajstić information content (AvgIpc) is 2.68. The van der Waals surface area contributed by atoms with E-state index in [0.29, 0.717) is 12.5 Å². The molecule has 2 rings (SSSR count). The van der Waals surface area contributed by atoms with Crippen LogP contribution >= 0.6 is 0 Å². The van der Waals surface area contributed by atoms with Crippen LogP contribution in [-0.2, 0) is 16.1 Å². The Bertz CT molecular complexity index is 370. The predicted octanol–water partition coefficient (Wildman–Crippen LogP) is 2.80. The van der Waals surface area contributed by atoms with E-state index in [1.165, 1.54) is 5.56 Å². The van der Waals surface area contributed by atoms with Crippen LogP contribution in [0.2, 0.25) is 0 Å². The standard InChI is InChI=1S/C15H20O3/c1-16-15-6-4-14(5-7-15)12-18-11-13-3-2-9-17-10-8-13/h2-7,13H,8-12H2,1H3. The molecule has 0 amide bonds. The van der Waals surface area contributed by atoms with Gasteiger partial charge in [0.25, 0.3) is 0 Å². The molecule has 1 aromatic carbocycles. The summed E-state index contributed by atoms with van der Waals surface area (Å²) in [5.41, 5.74) is 1.17. The van der Waals surface area contributed by atoms with Crippen LogP contribution in [0.3, 0.4) is 0 Å². The fraction of sp³-hybridized carbons (Fsp3) is 0.467. The van der Waals surface area contributed by atoms with Crippen LogP contribution in [0.1, 0.15) is 12.0 Å². The monoisotopic (exact) mass is 248 g/mol. The topological polar surface area (TPSA) is 27.7 Å². The third-order valence-corrected chi connectivity index (χ3v) is 3.02. The molecule has 0 aromatic heterocycles. The van der Waals surface area contributed by atoms with Gasteiger partial charge in [-0.15, -0.1) is 0 Å². The molecule has 1 aliphatic heterocycles. The van der Waals surface area contributed by atoms with Gasteiger partial charge in [0, 0.05) is 12.5 Å². The van der Waals surface area contributed by atoms with Crippen LogP contribution in [0.25, 0.3) is 0 Å². The maximum atomic E-state index is 5.74. The molecule has 98 valence electrons. The van der Waals surface area contributed by atoms with Crippen molar-refractivity contribution < 1.29 is 14.2 Å². The highest BCUT2D eigenvalue weighted by Crippen LogP contribution is 2.14. The molecule has 1 atom stereocenters. The van der Waals surface area contributed by atoms with Crippen molar-refractivity contribution in [1.82, 2.24) is 0 Å². The predicted molar refractivity (Wildman–Crippen MR) is 70.7 cm³/mol. The van der Waals surface area contributed by atoms with Gasteiger partial charge in [0.05, 0.1) is 26.9 Å². The zero-order valence-electron chi connectivity index (χ0n) is 10.8. The van der Waals surface area contributed by atoms with Crippen LogP contribution < -0.4 is 4.74 Å². The third kappa shape index (κ3) is 4.17. The Labute approximate surface area is 108 Å². The van der Waals surface area contributed by atoms with E-state index in [1.807, 2.05) is 24.3 Å². The van der Waals surface area contributed by atoms with E-state index < -0.39 is 0 Å². The Morgan fingerprint density at radius 1 is 1.28 bits per heavy atom. The zero-order chi connectivity index (χ0) is 12.6. The van der Waals surface area contributed by atoms with Crippen LogP contribution in [-0.4, -0.2) is 26.9 Å². The molecule has 1 unspecified atom stereocenters. The molecular formula is C15H20O3.